The largest absolute Gasteiger partial charge is 0.430 e. The number of methoxy groups -OCH3 is 1. The van der Waals surface area contributed by atoms with Crippen LogP contribution in [-0.2, 0) is 4.74 Å². The van der Waals surface area contributed by atoms with E-state index in [2.05, 4.69) is 11.3 Å². The van der Waals surface area contributed by atoms with E-state index in [0.29, 0.717) is 7.11 Å². The fourth-order valence-corrected chi connectivity index (χ4v) is 0.707. The predicted molar refractivity (Wildman–Crippen MR) is 32.0 cm³/mol. The van der Waals surface area contributed by atoms with Gasteiger partial charge < -0.3 is 4.74 Å². The molecule has 0 aliphatic rings. The van der Waals surface area contributed by atoms with Gasteiger partial charge in [0.15, 0.2) is 0 Å². The molecule has 0 bridgehead atoms. The second kappa shape index (κ2) is 3.21. The van der Waals surface area contributed by atoms with E-state index in [-0.39, 0.29) is 6.08 Å². The van der Waals surface area contributed by atoms with E-state index in [1.54, 1.807) is 0 Å². The summed E-state index contributed by atoms with van der Waals surface area (Å²) in [6, 6.07) is 0. The zero-order valence-corrected chi connectivity index (χ0v) is 6.46. The molecule has 0 saturated carbocycles. The molecule has 0 amide bonds. The molecule has 0 radical (unpaired) electrons. The predicted octanol–water partition coefficient (Wildman–Crippen LogP) is 2.68. The van der Waals surface area contributed by atoms with Gasteiger partial charge >= 0.3 is 12.4 Å². The number of alkyl halides is 6. The smallest absolute Gasteiger partial charge is 0.358 e. The first-order valence-corrected chi connectivity index (χ1v) is 2.94. The lowest BCUT2D eigenvalue weighted by Crippen LogP contribution is -2.56. The minimum Gasteiger partial charge on any atom is -0.358 e. The maximum Gasteiger partial charge on any atom is 0.430 e. The highest BCUT2D eigenvalue weighted by atomic mass is 19.4. The van der Waals surface area contributed by atoms with Gasteiger partial charge in [0.25, 0.3) is 5.60 Å². The Bertz CT molecular complexity index is 176. The van der Waals surface area contributed by atoms with Crippen LogP contribution in [0.1, 0.15) is 0 Å². The van der Waals surface area contributed by atoms with Crippen molar-refractivity contribution in [2.45, 2.75) is 18.0 Å². The summed E-state index contributed by atoms with van der Waals surface area (Å²) in [4.78, 5) is 0. The standard InChI is InChI=1S/C6H6F6O/c1-3-4(13-2,5(7,8)9)6(10,11)12/h3H,1H2,2H3. The summed E-state index contributed by atoms with van der Waals surface area (Å²) >= 11 is 0. The Balaban J connectivity index is 5.30. The zero-order valence-electron chi connectivity index (χ0n) is 6.46. The van der Waals surface area contributed by atoms with E-state index in [9.17, 15) is 26.3 Å². The number of rotatable bonds is 2. The third-order valence-electron chi connectivity index (χ3n) is 1.45. The minimum absolute atomic E-state index is 0.312. The van der Waals surface area contributed by atoms with Crippen molar-refractivity contribution in [3.63, 3.8) is 0 Å². The fourth-order valence-electron chi connectivity index (χ4n) is 0.707. The molecule has 0 aromatic carbocycles. The van der Waals surface area contributed by atoms with Crippen LogP contribution in [0.25, 0.3) is 0 Å². The molecule has 0 spiro atoms. The Morgan fingerprint density at radius 1 is 1.00 bits per heavy atom. The van der Waals surface area contributed by atoms with Crippen LogP contribution in [0.3, 0.4) is 0 Å². The van der Waals surface area contributed by atoms with E-state index >= 15 is 0 Å². The summed E-state index contributed by atoms with van der Waals surface area (Å²) in [5, 5.41) is 0. The maximum absolute atomic E-state index is 12.0. The van der Waals surface area contributed by atoms with Crippen LogP contribution in [0.15, 0.2) is 12.7 Å². The third-order valence-corrected chi connectivity index (χ3v) is 1.45. The van der Waals surface area contributed by atoms with Gasteiger partial charge in [0.1, 0.15) is 0 Å². The van der Waals surface area contributed by atoms with Crippen molar-refractivity contribution in [2.24, 2.45) is 0 Å². The molecule has 0 aromatic rings. The first kappa shape index (κ1) is 12.3. The number of ether oxygens (including phenoxy) is 1. The summed E-state index contributed by atoms with van der Waals surface area (Å²) in [5.41, 5.74) is -4.28. The van der Waals surface area contributed by atoms with Crippen LogP contribution in [0.5, 0.6) is 0 Å². The molecular weight excluding hydrogens is 202 g/mol. The number of hydrogen-bond donors (Lipinski definition) is 0. The van der Waals surface area contributed by atoms with Crippen LogP contribution in [0.4, 0.5) is 26.3 Å². The molecule has 0 N–H and O–H groups in total. The molecular formula is C6H6F6O. The number of halogens is 6. The second-order valence-corrected chi connectivity index (χ2v) is 2.14. The average molecular weight is 208 g/mol. The zero-order chi connectivity index (χ0) is 10.9. The molecule has 13 heavy (non-hydrogen) atoms. The molecule has 78 valence electrons. The molecule has 0 unspecified atom stereocenters. The van der Waals surface area contributed by atoms with Gasteiger partial charge in [0, 0.05) is 7.11 Å². The van der Waals surface area contributed by atoms with Gasteiger partial charge in [-0.05, 0) is 6.08 Å². The summed E-state index contributed by atoms with van der Waals surface area (Å²) < 4.78 is 75.2. The Morgan fingerprint density at radius 2 is 1.31 bits per heavy atom. The van der Waals surface area contributed by atoms with Crippen LogP contribution >= 0.6 is 0 Å². The first-order chi connectivity index (χ1) is 5.62. The average Bonchev–Trinajstić information content (AvgIpc) is 1.84. The summed E-state index contributed by atoms with van der Waals surface area (Å²) in [7, 11) is 0.322. The van der Waals surface area contributed by atoms with Crippen LogP contribution in [-0.4, -0.2) is 25.1 Å². The topological polar surface area (TPSA) is 9.23 Å². The van der Waals surface area contributed by atoms with Gasteiger partial charge in [0.2, 0.25) is 0 Å². The second-order valence-electron chi connectivity index (χ2n) is 2.14. The quantitative estimate of drug-likeness (QED) is 0.500. The van der Waals surface area contributed by atoms with E-state index < -0.39 is 18.0 Å². The van der Waals surface area contributed by atoms with E-state index in [0.717, 1.165) is 0 Å². The molecule has 0 atom stereocenters. The molecule has 0 rings (SSSR count). The lowest BCUT2D eigenvalue weighted by molar-refractivity contribution is -0.354. The van der Waals surface area contributed by atoms with Gasteiger partial charge in [-0.15, -0.1) is 0 Å². The molecule has 7 heteroatoms. The van der Waals surface area contributed by atoms with Crippen molar-refractivity contribution >= 4 is 0 Å². The van der Waals surface area contributed by atoms with Gasteiger partial charge in [-0.3, -0.25) is 0 Å². The van der Waals surface area contributed by atoms with Crippen molar-refractivity contribution < 1.29 is 31.1 Å². The molecule has 0 aliphatic carbocycles. The Hall–Kier alpha value is -0.720. The van der Waals surface area contributed by atoms with Gasteiger partial charge in [-0.2, -0.15) is 26.3 Å². The first-order valence-electron chi connectivity index (χ1n) is 2.94. The van der Waals surface area contributed by atoms with Crippen molar-refractivity contribution in [1.29, 1.82) is 0 Å². The van der Waals surface area contributed by atoms with Crippen LogP contribution < -0.4 is 0 Å². The van der Waals surface area contributed by atoms with Crippen molar-refractivity contribution in [3.05, 3.63) is 12.7 Å². The van der Waals surface area contributed by atoms with Crippen LogP contribution in [0.2, 0.25) is 0 Å². The van der Waals surface area contributed by atoms with E-state index in [4.69, 9.17) is 0 Å². The van der Waals surface area contributed by atoms with Crippen LogP contribution in [0, 0.1) is 0 Å². The minimum atomic E-state index is -5.57. The van der Waals surface area contributed by atoms with E-state index in [1.165, 1.54) is 0 Å². The van der Waals surface area contributed by atoms with Gasteiger partial charge in [-0.1, -0.05) is 6.58 Å². The van der Waals surface area contributed by atoms with Crippen molar-refractivity contribution in [1.82, 2.24) is 0 Å². The summed E-state index contributed by atoms with van der Waals surface area (Å²) in [6.07, 6.45) is -11.4. The van der Waals surface area contributed by atoms with Gasteiger partial charge in [0.05, 0.1) is 0 Å². The third kappa shape index (κ3) is 1.79. The molecule has 0 aliphatic heterocycles. The molecule has 1 nitrogen and oxygen atoms in total. The SMILES string of the molecule is C=CC(OC)(C(F)(F)F)C(F)(F)F. The monoisotopic (exact) mass is 208 g/mol. The fraction of sp³-hybridized carbons (Fsp3) is 0.667. The highest BCUT2D eigenvalue weighted by Gasteiger charge is 2.70. The number of hydrogen-bond acceptors (Lipinski definition) is 1. The molecule has 0 aromatic heterocycles. The summed E-state index contributed by atoms with van der Waals surface area (Å²) in [6.45, 7) is 2.47. The van der Waals surface area contributed by atoms with Gasteiger partial charge in [-0.25, -0.2) is 0 Å². The molecule has 0 saturated heterocycles. The Morgan fingerprint density at radius 3 is 1.31 bits per heavy atom. The van der Waals surface area contributed by atoms with Crippen molar-refractivity contribution in [2.75, 3.05) is 7.11 Å². The lowest BCUT2D eigenvalue weighted by Gasteiger charge is -2.32. The highest BCUT2D eigenvalue weighted by molar-refractivity contribution is 5.08. The lowest BCUT2D eigenvalue weighted by atomic mass is 10.0. The Kier molecular flexibility index (Phi) is 3.03. The molecule has 0 heterocycles. The molecule has 0 fully saturated rings. The Labute approximate surface area is 70.0 Å². The van der Waals surface area contributed by atoms with E-state index in [1.807, 2.05) is 0 Å². The van der Waals surface area contributed by atoms with Crippen molar-refractivity contribution in [3.8, 4) is 0 Å². The maximum atomic E-state index is 12.0. The highest BCUT2D eigenvalue weighted by Crippen LogP contribution is 2.46. The normalized spacial score (nSPS) is 14.4. The summed E-state index contributed by atoms with van der Waals surface area (Å²) in [5.74, 6) is 0.